The summed E-state index contributed by atoms with van der Waals surface area (Å²) in [6, 6.07) is 8.81. The Bertz CT molecular complexity index is 328. The highest BCUT2D eigenvalue weighted by Crippen LogP contribution is 2.23. The van der Waals surface area contributed by atoms with E-state index in [4.69, 9.17) is 5.11 Å². The lowest BCUT2D eigenvalue weighted by Gasteiger charge is -2.20. The normalized spacial score (nSPS) is 12.2. The third-order valence-corrected chi connectivity index (χ3v) is 3.11. The van der Waals surface area contributed by atoms with E-state index in [2.05, 4.69) is 48.7 Å². The van der Waals surface area contributed by atoms with Gasteiger partial charge in [0, 0.05) is 19.2 Å². The Morgan fingerprint density at radius 3 is 2.44 bits per heavy atom. The number of unbranched alkanes of at least 4 members (excludes halogenated alkanes) is 1. The molecule has 0 bridgehead atoms. The van der Waals surface area contributed by atoms with Gasteiger partial charge in [0.25, 0.3) is 0 Å². The lowest BCUT2D eigenvalue weighted by molar-refractivity contribution is 0.281. The fourth-order valence-corrected chi connectivity index (χ4v) is 2.05. The van der Waals surface area contributed by atoms with Crippen LogP contribution in [0.4, 0.5) is 11.4 Å². The van der Waals surface area contributed by atoms with Crippen molar-refractivity contribution in [3.8, 4) is 0 Å². The minimum atomic E-state index is 0.296. The SMILES string of the molecule is CCNc1ccccc1NC(CC)CCCCO. The number of aliphatic hydroxyl groups excluding tert-OH is 1. The maximum Gasteiger partial charge on any atom is 0.0578 e. The van der Waals surface area contributed by atoms with Gasteiger partial charge >= 0.3 is 0 Å². The summed E-state index contributed by atoms with van der Waals surface area (Å²) >= 11 is 0. The van der Waals surface area contributed by atoms with Crippen molar-refractivity contribution in [3.63, 3.8) is 0 Å². The number of hydrogen-bond donors (Lipinski definition) is 3. The highest BCUT2D eigenvalue weighted by atomic mass is 16.2. The Morgan fingerprint density at radius 2 is 1.83 bits per heavy atom. The monoisotopic (exact) mass is 250 g/mol. The summed E-state index contributed by atoms with van der Waals surface area (Å²) in [4.78, 5) is 0. The van der Waals surface area contributed by atoms with Crippen molar-refractivity contribution < 1.29 is 5.11 Å². The molecule has 1 aromatic carbocycles. The Hall–Kier alpha value is -1.22. The molecule has 1 unspecified atom stereocenters. The maximum atomic E-state index is 8.83. The highest BCUT2D eigenvalue weighted by Gasteiger charge is 2.08. The predicted molar refractivity (Wildman–Crippen MR) is 79.2 cm³/mol. The second-order valence-electron chi connectivity index (χ2n) is 4.54. The Kier molecular flexibility index (Phi) is 7.26. The van der Waals surface area contributed by atoms with Gasteiger partial charge in [0.1, 0.15) is 0 Å². The van der Waals surface area contributed by atoms with Gasteiger partial charge in [-0.25, -0.2) is 0 Å². The zero-order valence-electron chi connectivity index (χ0n) is 11.6. The Morgan fingerprint density at radius 1 is 1.11 bits per heavy atom. The third kappa shape index (κ3) is 4.96. The van der Waals surface area contributed by atoms with Crippen LogP contribution in [0, 0.1) is 0 Å². The van der Waals surface area contributed by atoms with Crippen LogP contribution in [0.25, 0.3) is 0 Å². The molecule has 0 spiro atoms. The van der Waals surface area contributed by atoms with E-state index in [0.717, 1.165) is 32.2 Å². The van der Waals surface area contributed by atoms with Gasteiger partial charge < -0.3 is 15.7 Å². The molecule has 18 heavy (non-hydrogen) atoms. The van der Waals surface area contributed by atoms with Gasteiger partial charge in [-0.05, 0) is 44.7 Å². The van der Waals surface area contributed by atoms with Crippen molar-refractivity contribution in [2.45, 2.75) is 45.6 Å². The van der Waals surface area contributed by atoms with Crippen LogP contribution in [-0.2, 0) is 0 Å². The number of benzene rings is 1. The summed E-state index contributed by atoms with van der Waals surface area (Å²) in [5.41, 5.74) is 2.34. The van der Waals surface area contributed by atoms with Gasteiger partial charge in [0.05, 0.1) is 11.4 Å². The summed E-state index contributed by atoms with van der Waals surface area (Å²) < 4.78 is 0. The molecule has 1 atom stereocenters. The first kappa shape index (κ1) is 14.8. The van der Waals surface area contributed by atoms with Gasteiger partial charge in [-0.2, -0.15) is 0 Å². The molecule has 3 heteroatoms. The molecule has 1 aromatic rings. The Balaban J connectivity index is 2.57. The smallest absolute Gasteiger partial charge is 0.0578 e. The van der Waals surface area contributed by atoms with Crippen molar-refractivity contribution >= 4 is 11.4 Å². The average Bonchev–Trinajstić information content (AvgIpc) is 2.40. The lowest BCUT2D eigenvalue weighted by Crippen LogP contribution is -2.19. The topological polar surface area (TPSA) is 44.3 Å². The average molecular weight is 250 g/mol. The van der Waals surface area contributed by atoms with E-state index in [1.165, 1.54) is 11.4 Å². The summed E-state index contributed by atoms with van der Waals surface area (Å²) in [5.74, 6) is 0. The second kappa shape index (κ2) is 8.81. The molecule has 1 rings (SSSR count). The summed E-state index contributed by atoms with van der Waals surface area (Å²) in [7, 11) is 0. The molecule has 0 radical (unpaired) electrons. The molecule has 102 valence electrons. The Labute approximate surface area is 111 Å². The minimum absolute atomic E-state index is 0.296. The van der Waals surface area contributed by atoms with Crippen LogP contribution < -0.4 is 10.6 Å². The zero-order valence-corrected chi connectivity index (χ0v) is 11.6. The van der Waals surface area contributed by atoms with E-state index in [0.29, 0.717) is 12.6 Å². The molecule has 0 aromatic heterocycles. The number of nitrogens with one attached hydrogen (secondary N) is 2. The fraction of sp³-hybridized carbons (Fsp3) is 0.600. The van der Waals surface area contributed by atoms with E-state index in [1.807, 2.05) is 0 Å². The van der Waals surface area contributed by atoms with Crippen LogP contribution in [0.3, 0.4) is 0 Å². The number of rotatable bonds is 9. The summed E-state index contributed by atoms with van der Waals surface area (Å²) in [5, 5.41) is 15.8. The standard InChI is InChI=1S/C15H26N2O/c1-3-13(9-7-8-12-18)17-15-11-6-5-10-14(15)16-4-2/h5-6,10-11,13,16-18H,3-4,7-9,12H2,1-2H3. The summed E-state index contributed by atoms with van der Waals surface area (Å²) in [6.07, 6.45) is 4.18. The van der Waals surface area contributed by atoms with Crippen molar-refractivity contribution in [2.75, 3.05) is 23.8 Å². The molecule has 3 nitrogen and oxygen atoms in total. The fourth-order valence-electron chi connectivity index (χ4n) is 2.05. The molecular weight excluding hydrogens is 224 g/mol. The van der Waals surface area contributed by atoms with Crippen molar-refractivity contribution in [2.24, 2.45) is 0 Å². The molecule has 0 aliphatic carbocycles. The molecule has 0 fully saturated rings. The first-order valence-corrected chi connectivity index (χ1v) is 7.02. The zero-order chi connectivity index (χ0) is 13.2. The first-order valence-electron chi connectivity index (χ1n) is 7.02. The molecule has 0 aliphatic heterocycles. The van der Waals surface area contributed by atoms with Crippen LogP contribution in [0.15, 0.2) is 24.3 Å². The van der Waals surface area contributed by atoms with Gasteiger partial charge in [0.15, 0.2) is 0 Å². The van der Waals surface area contributed by atoms with E-state index < -0.39 is 0 Å². The number of para-hydroxylation sites is 2. The maximum absolute atomic E-state index is 8.83. The van der Waals surface area contributed by atoms with E-state index in [-0.39, 0.29) is 0 Å². The van der Waals surface area contributed by atoms with E-state index >= 15 is 0 Å². The lowest BCUT2D eigenvalue weighted by atomic mass is 10.1. The molecule has 0 saturated heterocycles. The highest BCUT2D eigenvalue weighted by molar-refractivity contribution is 5.68. The van der Waals surface area contributed by atoms with Crippen molar-refractivity contribution in [1.29, 1.82) is 0 Å². The summed E-state index contributed by atoms with van der Waals surface area (Å²) in [6.45, 7) is 5.53. The molecule has 0 amide bonds. The second-order valence-corrected chi connectivity index (χ2v) is 4.54. The number of anilines is 2. The van der Waals surface area contributed by atoms with Crippen LogP contribution in [0.1, 0.15) is 39.5 Å². The first-order chi connectivity index (χ1) is 8.81. The van der Waals surface area contributed by atoms with E-state index in [9.17, 15) is 0 Å². The van der Waals surface area contributed by atoms with Crippen LogP contribution in [0.2, 0.25) is 0 Å². The van der Waals surface area contributed by atoms with Crippen molar-refractivity contribution in [1.82, 2.24) is 0 Å². The van der Waals surface area contributed by atoms with Gasteiger partial charge in [-0.15, -0.1) is 0 Å². The van der Waals surface area contributed by atoms with Crippen LogP contribution >= 0.6 is 0 Å². The van der Waals surface area contributed by atoms with Gasteiger partial charge in [0.2, 0.25) is 0 Å². The van der Waals surface area contributed by atoms with Crippen molar-refractivity contribution in [3.05, 3.63) is 24.3 Å². The minimum Gasteiger partial charge on any atom is -0.396 e. The predicted octanol–water partition coefficient (Wildman–Crippen LogP) is 3.47. The molecular formula is C15H26N2O. The molecule has 3 N–H and O–H groups in total. The quantitative estimate of drug-likeness (QED) is 0.588. The van der Waals surface area contributed by atoms with Crippen LogP contribution in [-0.4, -0.2) is 24.3 Å². The third-order valence-electron chi connectivity index (χ3n) is 3.11. The number of hydrogen-bond acceptors (Lipinski definition) is 3. The van der Waals surface area contributed by atoms with Crippen LogP contribution in [0.5, 0.6) is 0 Å². The molecule has 0 saturated carbocycles. The number of aliphatic hydroxyl groups is 1. The largest absolute Gasteiger partial charge is 0.396 e. The van der Waals surface area contributed by atoms with Gasteiger partial charge in [-0.3, -0.25) is 0 Å². The molecule has 0 heterocycles. The van der Waals surface area contributed by atoms with Gasteiger partial charge in [-0.1, -0.05) is 19.1 Å². The van der Waals surface area contributed by atoms with E-state index in [1.54, 1.807) is 0 Å². The molecule has 0 aliphatic rings.